The van der Waals surface area contributed by atoms with Gasteiger partial charge >= 0.3 is 6.03 Å². The highest BCUT2D eigenvalue weighted by molar-refractivity contribution is 6.32. The molecule has 160 valence electrons. The van der Waals surface area contributed by atoms with E-state index in [2.05, 4.69) is 10.6 Å². The number of nitrogens with zero attached hydrogens (tertiary/aromatic N) is 2. The van der Waals surface area contributed by atoms with Gasteiger partial charge in [-0.1, -0.05) is 23.7 Å². The van der Waals surface area contributed by atoms with Crippen molar-refractivity contribution < 1.29 is 23.9 Å². The number of nitrogens with one attached hydrogen (secondary N) is 2. The molecule has 0 saturated carbocycles. The molecule has 4 amide bonds. The third-order valence-electron chi connectivity index (χ3n) is 4.92. The molecule has 10 heteroatoms. The predicted molar refractivity (Wildman–Crippen MR) is 112 cm³/mol. The van der Waals surface area contributed by atoms with Crippen LogP contribution in [-0.4, -0.2) is 43.5 Å². The number of hydrogen-bond donors (Lipinski definition) is 2. The lowest BCUT2D eigenvalue weighted by molar-refractivity contribution is -0.133. The van der Waals surface area contributed by atoms with Crippen LogP contribution in [0, 0.1) is 11.3 Å². The summed E-state index contributed by atoms with van der Waals surface area (Å²) in [6.45, 7) is 1.03. The number of hydrogen-bond acceptors (Lipinski definition) is 6. The van der Waals surface area contributed by atoms with Gasteiger partial charge in [0.15, 0.2) is 0 Å². The molecule has 0 spiro atoms. The number of benzene rings is 2. The number of halogens is 1. The van der Waals surface area contributed by atoms with Crippen LogP contribution in [0.1, 0.15) is 18.1 Å². The lowest BCUT2D eigenvalue weighted by atomic mass is 9.91. The van der Waals surface area contributed by atoms with Crippen LogP contribution >= 0.6 is 11.6 Å². The van der Waals surface area contributed by atoms with Gasteiger partial charge in [0.05, 0.1) is 36.6 Å². The number of amides is 4. The fourth-order valence-corrected chi connectivity index (χ4v) is 3.44. The molecule has 31 heavy (non-hydrogen) atoms. The molecule has 1 saturated heterocycles. The van der Waals surface area contributed by atoms with E-state index in [1.54, 1.807) is 31.2 Å². The number of imide groups is 1. The maximum absolute atomic E-state index is 13.0. The van der Waals surface area contributed by atoms with Gasteiger partial charge in [0.25, 0.3) is 5.91 Å². The molecule has 2 N–H and O–H groups in total. The van der Waals surface area contributed by atoms with Crippen molar-refractivity contribution in [2.24, 2.45) is 0 Å². The van der Waals surface area contributed by atoms with Gasteiger partial charge in [0.1, 0.15) is 23.6 Å². The number of rotatable bonds is 6. The standard InChI is InChI=1S/C21H19ClN4O5/c1-21(13-6-4-12(10-23)5-7-13)19(28)26(20(29)25-21)11-18(27)24-15-9-16(30-2)14(22)8-17(15)31-3/h4-9H,11H2,1-3H3,(H,24,27)(H,25,29). The molecule has 0 aliphatic carbocycles. The summed E-state index contributed by atoms with van der Waals surface area (Å²) >= 11 is 6.06. The normalized spacial score (nSPS) is 17.7. The molecule has 1 atom stereocenters. The Hall–Kier alpha value is -3.77. The van der Waals surface area contributed by atoms with Crippen molar-refractivity contribution in [3.05, 3.63) is 52.5 Å². The zero-order chi connectivity index (χ0) is 22.8. The Bertz CT molecular complexity index is 1100. The summed E-state index contributed by atoms with van der Waals surface area (Å²) in [6, 6.07) is 10.5. The lowest BCUT2D eigenvalue weighted by Gasteiger charge is -2.22. The van der Waals surface area contributed by atoms with Crippen LogP contribution in [0.25, 0.3) is 0 Å². The SMILES string of the molecule is COc1cc(NC(=O)CN2C(=O)NC(C)(c3ccc(C#N)cc3)C2=O)c(OC)cc1Cl. The molecule has 9 nitrogen and oxygen atoms in total. The molecule has 1 unspecified atom stereocenters. The van der Waals surface area contributed by atoms with Gasteiger partial charge in [0, 0.05) is 12.1 Å². The second kappa shape index (κ2) is 8.53. The number of urea groups is 1. The van der Waals surface area contributed by atoms with Crippen LogP contribution < -0.4 is 20.1 Å². The molecule has 1 aliphatic heterocycles. The Labute approximate surface area is 183 Å². The van der Waals surface area contributed by atoms with Gasteiger partial charge in [-0.15, -0.1) is 0 Å². The Morgan fingerprint density at radius 3 is 2.42 bits per heavy atom. The van der Waals surface area contributed by atoms with E-state index in [1.807, 2.05) is 6.07 Å². The Balaban J connectivity index is 1.78. The van der Waals surface area contributed by atoms with Gasteiger partial charge < -0.3 is 20.1 Å². The number of nitriles is 1. The van der Waals surface area contributed by atoms with Crippen molar-refractivity contribution in [2.45, 2.75) is 12.5 Å². The van der Waals surface area contributed by atoms with Crippen molar-refractivity contribution in [1.29, 1.82) is 5.26 Å². The van der Waals surface area contributed by atoms with E-state index in [-0.39, 0.29) is 5.69 Å². The summed E-state index contributed by atoms with van der Waals surface area (Å²) in [7, 11) is 2.84. The highest BCUT2D eigenvalue weighted by atomic mass is 35.5. The first kappa shape index (κ1) is 21.9. The maximum atomic E-state index is 13.0. The van der Waals surface area contributed by atoms with Crippen molar-refractivity contribution in [3.63, 3.8) is 0 Å². The van der Waals surface area contributed by atoms with Crippen molar-refractivity contribution in [1.82, 2.24) is 10.2 Å². The number of carbonyl (C=O) groups excluding carboxylic acids is 3. The minimum absolute atomic E-state index is 0.274. The van der Waals surface area contributed by atoms with E-state index < -0.39 is 29.9 Å². The van der Waals surface area contributed by atoms with E-state index >= 15 is 0 Å². The summed E-state index contributed by atoms with van der Waals surface area (Å²) in [5, 5.41) is 14.4. The maximum Gasteiger partial charge on any atom is 0.325 e. The largest absolute Gasteiger partial charge is 0.495 e. The van der Waals surface area contributed by atoms with Gasteiger partial charge in [-0.25, -0.2) is 4.79 Å². The second-order valence-electron chi connectivity index (χ2n) is 6.87. The van der Waals surface area contributed by atoms with Gasteiger partial charge in [-0.3, -0.25) is 14.5 Å². The molecule has 1 fully saturated rings. The van der Waals surface area contributed by atoms with Crippen LogP contribution in [0.4, 0.5) is 10.5 Å². The van der Waals surface area contributed by atoms with Gasteiger partial charge in [-0.2, -0.15) is 5.26 Å². The highest BCUT2D eigenvalue weighted by Gasteiger charge is 2.49. The summed E-state index contributed by atoms with van der Waals surface area (Å²) < 4.78 is 10.4. The number of methoxy groups -OCH3 is 2. The monoisotopic (exact) mass is 442 g/mol. The second-order valence-corrected chi connectivity index (χ2v) is 7.28. The van der Waals surface area contributed by atoms with E-state index in [9.17, 15) is 14.4 Å². The Morgan fingerprint density at radius 2 is 1.84 bits per heavy atom. The number of ether oxygens (including phenoxy) is 2. The Kier molecular flexibility index (Phi) is 6.04. The average Bonchev–Trinajstić information content (AvgIpc) is 2.98. The topological polar surface area (TPSA) is 121 Å². The van der Waals surface area contributed by atoms with Crippen LogP contribution in [0.15, 0.2) is 36.4 Å². The fraction of sp³-hybridized carbons (Fsp3) is 0.238. The molecule has 2 aromatic carbocycles. The molecular formula is C21H19ClN4O5. The van der Waals surface area contributed by atoms with E-state index in [0.717, 1.165) is 4.90 Å². The Morgan fingerprint density at radius 1 is 1.19 bits per heavy atom. The third-order valence-corrected chi connectivity index (χ3v) is 5.21. The minimum Gasteiger partial charge on any atom is -0.495 e. The van der Waals surface area contributed by atoms with Crippen LogP contribution in [0.2, 0.25) is 5.02 Å². The van der Waals surface area contributed by atoms with Crippen LogP contribution in [0.3, 0.4) is 0 Å². The molecule has 1 aliphatic rings. The molecule has 3 rings (SSSR count). The smallest absolute Gasteiger partial charge is 0.325 e. The lowest BCUT2D eigenvalue weighted by Crippen LogP contribution is -2.42. The van der Waals surface area contributed by atoms with E-state index in [1.165, 1.54) is 26.4 Å². The van der Waals surface area contributed by atoms with E-state index in [4.69, 9.17) is 26.3 Å². The fourth-order valence-electron chi connectivity index (χ4n) is 3.21. The van der Waals surface area contributed by atoms with Crippen LogP contribution in [-0.2, 0) is 15.1 Å². The van der Waals surface area contributed by atoms with Gasteiger partial charge in [0.2, 0.25) is 5.91 Å². The third kappa shape index (κ3) is 4.11. The van der Waals surface area contributed by atoms with Crippen LogP contribution in [0.5, 0.6) is 11.5 Å². The molecule has 0 radical (unpaired) electrons. The first-order valence-corrected chi connectivity index (χ1v) is 9.47. The van der Waals surface area contributed by atoms with Crippen molar-refractivity contribution >= 4 is 35.1 Å². The number of anilines is 1. The minimum atomic E-state index is -1.35. The molecule has 0 bridgehead atoms. The highest BCUT2D eigenvalue weighted by Crippen LogP contribution is 2.36. The summed E-state index contributed by atoms with van der Waals surface area (Å²) in [5.74, 6) is -0.590. The summed E-state index contributed by atoms with van der Waals surface area (Å²) in [6.07, 6.45) is 0. The summed E-state index contributed by atoms with van der Waals surface area (Å²) in [4.78, 5) is 38.9. The van der Waals surface area contributed by atoms with Crippen molar-refractivity contribution in [3.8, 4) is 17.6 Å². The quantitative estimate of drug-likeness (QED) is 0.663. The molecule has 1 heterocycles. The zero-order valence-corrected chi connectivity index (χ0v) is 17.7. The first-order chi connectivity index (χ1) is 14.7. The average molecular weight is 443 g/mol. The number of carbonyl (C=O) groups is 3. The summed E-state index contributed by atoms with van der Waals surface area (Å²) in [5.41, 5.74) is -0.160. The molecule has 2 aromatic rings. The van der Waals surface area contributed by atoms with Gasteiger partial charge in [-0.05, 0) is 24.6 Å². The molecule has 0 aromatic heterocycles. The van der Waals surface area contributed by atoms with E-state index in [0.29, 0.717) is 27.6 Å². The zero-order valence-electron chi connectivity index (χ0n) is 17.0. The predicted octanol–water partition coefficient (Wildman–Crippen LogP) is 2.63. The first-order valence-electron chi connectivity index (χ1n) is 9.09. The van der Waals surface area contributed by atoms with Crippen molar-refractivity contribution in [2.75, 3.05) is 26.1 Å². The molecular weight excluding hydrogens is 424 g/mol.